The quantitative estimate of drug-likeness (QED) is 0.670. The van der Waals surface area contributed by atoms with E-state index in [1.807, 2.05) is 0 Å². The van der Waals surface area contributed by atoms with Gasteiger partial charge in [-0.2, -0.15) is 0 Å². The van der Waals surface area contributed by atoms with Crippen molar-refractivity contribution >= 4 is 17.3 Å². The summed E-state index contributed by atoms with van der Waals surface area (Å²) in [5, 5.41) is 7.25. The van der Waals surface area contributed by atoms with E-state index < -0.39 is 0 Å². The Morgan fingerprint density at radius 1 is 1.13 bits per heavy atom. The van der Waals surface area contributed by atoms with E-state index >= 15 is 0 Å². The molecular formula is C26H39N3O. The topological polar surface area (TPSA) is 44.4 Å². The maximum atomic E-state index is 13.0. The Bertz CT molecular complexity index is 799. The van der Waals surface area contributed by atoms with E-state index in [0.29, 0.717) is 30.0 Å². The van der Waals surface area contributed by atoms with Crippen LogP contribution in [0.1, 0.15) is 78.6 Å². The lowest BCUT2D eigenvalue weighted by Gasteiger charge is -2.39. The molecule has 4 heteroatoms. The fourth-order valence-electron chi connectivity index (χ4n) is 7.23. The summed E-state index contributed by atoms with van der Waals surface area (Å²) in [6.45, 7) is 8.04. The standard InChI is InChI=1S/C26H39N3O/c1-25(2)19-13-15-26(25,3)22(17-19)28-23(30)14-16-29-21-12-8-7-11-20(21)27-24(29)18-9-5-4-6-10-18/h7-8,11-12,18-19,22,24,27H,4-6,9-10,13-17H2,1-3H3,(H,28,30)/t19-,22-,24?,26+/m1/s1. The molecule has 1 heterocycles. The van der Waals surface area contributed by atoms with Gasteiger partial charge in [-0.05, 0) is 66.9 Å². The molecule has 1 aromatic carbocycles. The second-order valence-electron chi connectivity index (χ2n) is 11.2. The van der Waals surface area contributed by atoms with E-state index in [4.69, 9.17) is 0 Å². The largest absolute Gasteiger partial charge is 0.363 e. The van der Waals surface area contributed by atoms with Crippen molar-refractivity contribution in [3.8, 4) is 0 Å². The van der Waals surface area contributed by atoms with E-state index in [-0.39, 0.29) is 11.3 Å². The van der Waals surface area contributed by atoms with Crippen LogP contribution >= 0.6 is 0 Å². The zero-order valence-corrected chi connectivity index (χ0v) is 19.0. The van der Waals surface area contributed by atoms with Gasteiger partial charge in [0.15, 0.2) is 0 Å². The van der Waals surface area contributed by atoms with Crippen molar-refractivity contribution in [1.29, 1.82) is 0 Å². The number of fused-ring (bicyclic) bond motifs is 3. The molecule has 0 spiro atoms. The molecule has 30 heavy (non-hydrogen) atoms. The molecule has 5 rings (SSSR count). The predicted molar refractivity (Wildman–Crippen MR) is 124 cm³/mol. The van der Waals surface area contributed by atoms with Crippen LogP contribution in [-0.4, -0.2) is 24.7 Å². The summed E-state index contributed by atoms with van der Waals surface area (Å²) < 4.78 is 0. The van der Waals surface area contributed by atoms with Gasteiger partial charge >= 0.3 is 0 Å². The predicted octanol–water partition coefficient (Wildman–Crippen LogP) is 5.55. The van der Waals surface area contributed by atoms with Crippen LogP contribution in [0, 0.1) is 22.7 Å². The Labute approximate surface area is 182 Å². The molecule has 0 radical (unpaired) electrons. The van der Waals surface area contributed by atoms with E-state index in [1.165, 1.54) is 56.3 Å². The van der Waals surface area contributed by atoms with Crippen LogP contribution in [0.3, 0.4) is 0 Å². The fraction of sp³-hybridized carbons (Fsp3) is 0.731. The first-order chi connectivity index (χ1) is 14.4. The molecule has 164 valence electrons. The molecule has 3 aliphatic carbocycles. The zero-order valence-electron chi connectivity index (χ0n) is 19.0. The van der Waals surface area contributed by atoms with Gasteiger partial charge in [-0.25, -0.2) is 0 Å². The molecule has 4 aliphatic rings. The molecule has 4 nitrogen and oxygen atoms in total. The Kier molecular flexibility index (Phi) is 5.02. The number of rotatable bonds is 5. The minimum absolute atomic E-state index is 0.233. The van der Waals surface area contributed by atoms with Crippen LogP contribution < -0.4 is 15.5 Å². The number of para-hydroxylation sites is 2. The highest BCUT2D eigenvalue weighted by molar-refractivity contribution is 5.79. The lowest BCUT2D eigenvalue weighted by atomic mass is 9.69. The molecule has 0 aromatic heterocycles. The zero-order chi connectivity index (χ0) is 20.9. The fourth-order valence-corrected chi connectivity index (χ4v) is 7.23. The van der Waals surface area contributed by atoms with Crippen molar-refractivity contribution in [2.45, 2.75) is 90.8 Å². The molecule has 1 unspecified atom stereocenters. The van der Waals surface area contributed by atoms with E-state index in [0.717, 1.165) is 18.9 Å². The number of nitrogens with one attached hydrogen (secondary N) is 2. The Balaban J connectivity index is 1.25. The number of nitrogens with zero attached hydrogens (tertiary/aromatic N) is 1. The van der Waals surface area contributed by atoms with Gasteiger partial charge in [-0.15, -0.1) is 0 Å². The number of hydrogen-bond donors (Lipinski definition) is 2. The first kappa shape index (κ1) is 20.2. The van der Waals surface area contributed by atoms with Crippen LogP contribution in [-0.2, 0) is 4.79 Å². The van der Waals surface area contributed by atoms with Crippen molar-refractivity contribution in [2.24, 2.45) is 22.7 Å². The third-order valence-electron chi connectivity index (χ3n) is 9.66. The van der Waals surface area contributed by atoms with Gasteiger partial charge < -0.3 is 15.5 Å². The van der Waals surface area contributed by atoms with Gasteiger partial charge in [-0.1, -0.05) is 52.2 Å². The van der Waals surface area contributed by atoms with Crippen LogP contribution in [0.2, 0.25) is 0 Å². The second kappa shape index (κ2) is 7.46. The van der Waals surface area contributed by atoms with Crippen molar-refractivity contribution in [2.75, 3.05) is 16.8 Å². The normalized spacial score (nSPS) is 34.6. The number of carbonyl (C=O) groups excluding carboxylic acids is 1. The summed E-state index contributed by atoms with van der Waals surface area (Å²) in [6, 6.07) is 8.97. The Morgan fingerprint density at radius 3 is 2.60 bits per heavy atom. The lowest BCUT2D eigenvalue weighted by Crippen LogP contribution is -2.48. The van der Waals surface area contributed by atoms with Gasteiger partial charge in [0, 0.05) is 19.0 Å². The maximum absolute atomic E-state index is 13.0. The minimum Gasteiger partial charge on any atom is -0.363 e. The summed E-state index contributed by atoms with van der Waals surface area (Å²) in [5.41, 5.74) is 3.10. The number of anilines is 2. The molecule has 0 saturated heterocycles. The Hall–Kier alpha value is -1.71. The van der Waals surface area contributed by atoms with Gasteiger partial charge in [0.1, 0.15) is 6.17 Å². The van der Waals surface area contributed by atoms with E-state index in [1.54, 1.807) is 0 Å². The summed E-state index contributed by atoms with van der Waals surface area (Å²) in [6.07, 6.45) is 11.3. The molecular weight excluding hydrogens is 370 g/mol. The smallest absolute Gasteiger partial charge is 0.222 e. The summed E-state index contributed by atoms with van der Waals surface area (Å²) >= 11 is 0. The Morgan fingerprint density at radius 2 is 1.90 bits per heavy atom. The molecule has 1 aromatic rings. The van der Waals surface area contributed by atoms with E-state index in [2.05, 4.69) is 60.6 Å². The number of carbonyl (C=O) groups is 1. The van der Waals surface area contributed by atoms with Crippen molar-refractivity contribution < 1.29 is 4.79 Å². The highest BCUT2D eigenvalue weighted by Crippen LogP contribution is 2.65. The first-order valence-corrected chi connectivity index (χ1v) is 12.3. The summed E-state index contributed by atoms with van der Waals surface area (Å²) in [4.78, 5) is 15.5. The molecule has 2 bridgehead atoms. The van der Waals surface area contributed by atoms with Crippen molar-refractivity contribution in [3.05, 3.63) is 24.3 Å². The average molecular weight is 410 g/mol. The molecule has 2 N–H and O–H groups in total. The van der Waals surface area contributed by atoms with Gasteiger partial charge in [0.05, 0.1) is 11.4 Å². The maximum Gasteiger partial charge on any atom is 0.222 e. The number of benzene rings is 1. The van der Waals surface area contributed by atoms with Crippen LogP contribution in [0.5, 0.6) is 0 Å². The first-order valence-electron chi connectivity index (χ1n) is 12.3. The van der Waals surface area contributed by atoms with Gasteiger partial charge in [0.2, 0.25) is 5.91 Å². The van der Waals surface area contributed by atoms with Crippen LogP contribution in [0.25, 0.3) is 0 Å². The molecule has 3 fully saturated rings. The molecule has 1 aliphatic heterocycles. The van der Waals surface area contributed by atoms with Crippen LogP contribution in [0.4, 0.5) is 11.4 Å². The second-order valence-corrected chi connectivity index (χ2v) is 11.2. The van der Waals surface area contributed by atoms with Crippen molar-refractivity contribution in [3.63, 3.8) is 0 Å². The van der Waals surface area contributed by atoms with Gasteiger partial charge in [-0.3, -0.25) is 4.79 Å². The molecule has 1 amide bonds. The molecule has 4 atom stereocenters. The van der Waals surface area contributed by atoms with Gasteiger partial charge in [0.25, 0.3) is 0 Å². The summed E-state index contributed by atoms with van der Waals surface area (Å²) in [5.74, 6) is 1.67. The third kappa shape index (κ3) is 3.13. The SMILES string of the molecule is CC1(C)[C@@H]2CC[C@@]1(C)[C@H](NC(=O)CCN1c3ccccc3NC1C1CCCCC1)C2. The lowest BCUT2D eigenvalue weighted by molar-refractivity contribution is -0.122. The van der Waals surface area contributed by atoms with Crippen molar-refractivity contribution in [1.82, 2.24) is 5.32 Å². The number of amides is 1. The summed E-state index contributed by atoms with van der Waals surface area (Å²) in [7, 11) is 0. The number of hydrogen-bond acceptors (Lipinski definition) is 3. The van der Waals surface area contributed by atoms with Crippen LogP contribution in [0.15, 0.2) is 24.3 Å². The monoisotopic (exact) mass is 409 g/mol. The average Bonchev–Trinajstić information content (AvgIpc) is 3.29. The van der Waals surface area contributed by atoms with E-state index in [9.17, 15) is 4.79 Å². The minimum atomic E-state index is 0.233. The molecule has 3 saturated carbocycles. The highest BCUT2D eigenvalue weighted by atomic mass is 16.1. The highest BCUT2D eigenvalue weighted by Gasteiger charge is 2.61. The third-order valence-corrected chi connectivity index (χ3v) is 9.66.